The van der Waals surface area contributed by atoms with E-state index in [1.165, 1.54) is 6.92 Å². The van der Waals surface area contributed by atoms with Gasteiger partial charge >= 0.3 is 0 Å². The van der Waals surface area contributed by atoms with E-state index in [1.807, 2.05) is 30.3 Å². The molecule has 4 heteroatoms. The Morgan fingerprint density at radius 2 is 2.00 bits per heavy atom. The molecule has 0 amide bonds. The van der Waals surface area contributed by atoms with E-state index in [2.05, 4.69) is 11.4 Å². The number of nitrogens with zero attached hydrogens (tertiary/aromatic N) is 1. The van der Waals surface area contributed by atoms with Gasteiger partial charge in [-0.15, -0.1) is 0 Å². The van der Waals surface area contributed by atoms with Crippen LogP contribution in [-0.2, 0) is 0 Å². The summed E-state index contributed by atoms with van der Waals surface area (Å²) >= 11 is 0. The number of Topliss-reactive ketones (excluding diaryl/α,β-unsaturated/α-hetero) is 1. The van der Waals surface area contributed by atoms with Crippen LogP contribution in [0, 0.1) is 11.3 Å². The number of ether oxygens (including phenoxy) is 1. The summed E-state index contributed by atoms with van der Waals surface area (Å²) in [5.74, 6) is 0.832. The number of carbonyl (C=O) groups excluding carboxylic acids is 1. The average molecular weight is 294 g/mol. The van der Waals surface area contributed by atoms with Gasteiger partial charge in [0.05, 0.1) is 17.9 Å². The van der Waals surface area contributed by atoms with Crippen molar-refractivity contribution in [1.82, 2.24) is 0 Å². The van der Waals surface area contributed by atoms with E-state index in [4.69, 9.17) is 10.00 Å². The maximum Gasteiger partial charge on any atom is 0.159 e. The molecule has 0 aromatic heterocycles. The molecule has 0 spiro atoms. The second-order valence-electron chi connectivity index (χ2n) is 4.87. The predicted octanol–water partition coefficient (Wildman–Crippen LogP) is 3.64. The van der Waals surface area contributed by atoms with Gasteiger partial charge in [-0.25, -0.2) is 0 Å². The molecule has 0 fully saturated rings. The Morgan fingerprint density at radius 3 is 2.68 bits per heavy atom. The first-order valence-corrected chi connectivity index (χ1v) is 7.17. The molecule has 0 saturated carbocycles. The Kier molecular flexibility index (Phi) is 5.56. The van der Waals surface area contributed by atoms with Crippen LogP contribution in [0.25, 0.3) is 0 Å². The van der Waals surface area contributed by atoms with Crippen LogP contribution in [0.5, 0.6) is 5.75 Å². The van der Waals surface area contributed by atoms with Gasteiger partial charge in [0.2, 0.25) is 0 Å². The first-order chi connectivity index (χ1) is 10.7. The van der Waals surface area contributed by atoms with Crippen molar-refractivity contribution in [2.24, 2.45) is 0 Å². The van der Waals surface area contributed by atoms with Crippen LogP contribution in [-0.4, -0.2) is 18.9 Å². The molecule has 2 rings (SSSR count). The lowest BCUT2D eigenvalue weighted by Gasteiger charge is -2.10. The molecule has 4 nitrogen and oxygen atoms in total. The molecule has 0 bridgehead atoms. The van der Waals surface area contributed by atoms with Crippen LogP contribution in [0.15, 0.2) is 48.5 Å². The fourth-order valence-corrected chi connectivity index (χ4v) is 2.01. The van der Waals surface area contributed by atoms with Crippen molar-refractivity contribution in [1.29, 1.82) is 5.26 Å². The van der Waals surface area contributed by atoms with Gasteiger partial charge in [0, 0.05) is 12.1 Å². The van der Waals surface area contributed by atoms with Crippen LogP contribution in [0.2, 0.25) is 0 Å². The van der Waals surface area contributed by atoms with Crippen molar-refractivity contribution in [3.8, 4) is 11.8 Å². The minimum atomic E-state index is -0.0139. The molecule has 0 radical (unpaired) electrons. The van der Waals surface area contributed by atoms with Gasteiger partial charge in [-0.2, -0.15) is 5.26 Å². The normalized spacial score (nSPS) is 9.82. The molecular weight excluding hydrogens is 276 g/mol. The minimum absolute atomic E-state index is 0.0139. The number of rotatable bonds is 7. The molecule has 22 heavy (non-hydrogen) atoms. The lowest BCUT2D eigenvalue weighted by molar-refractivity contribution is 0.101. The molecule has 2 aromatic rings. The van der Waals surface area contributed by atoms with E-state index in [1.54, 1.807) is 18.2 Å². The highest BCUT2D eigenvalue weighted by Crippen LogP contribution is 2.17. The molecule has 0 unspecified atom stereocenters. The maximum atomic E-state index is 11.4. The summed E-state index contributed by atoms with van der Waals surface area (Å²) in [6.07, 6.45) is 0.796. The molecule has 112 valence electrons. The summed E-state index contributed by atoms with van der Waals surface area (Å²) in [7, 11) is 0. The number of anilines is 1. The van der Waals surface area contributed by atoms with E-state index in [9.17, 15) is 4.79 Å². The largest absolute Gasteiger partial charge is 0.494 e. The molecule has 0 heterocycles. The number of hydrogen-bond acceptors (Lipinski definition) is 4. The highest BCUT2D eigenvalue weighted by molar-refractivity contribution is 5.95. The molecule has 1 N–H and O–H groups in total. The van der Waals surface area contributed by atoms with Gasteiger partial charge in [-0.05, 0) is 43.7 Å². The number of benzene rings is 2. The Labute approximate surface area is 130 Å². The molecule has 0 aliphatic carbocycles. The van der Waals surface area contributed by atoms with Gasteiger partial charge in [0.25, 0.3) is 0 Å². The van der Waals surface area contributed by atoms with Crippen molar-refractivity contribution in [3.05, 3.63) is 59.7 Å². The smallest absolute Gasteiger partial charge is 0.159 e. The van der Waals surface area contributed by atoms with Crippen molar-refractivity contribution >= 4 is 11.5 Å². The van der Waals surface area contributed by atoms with Crippen LogP contribution >= 0.6 is 0 Å². The second-order valence-corrected chi connectivity index (χ2v) is 4.87. The van der Waals surface area contributed by atoms with Gasteiger partial charge in [0.15, 0.2) is 5.78 Å². The SMILES string of the molecule is CC(=O)c1ccc(C#N)c(NCCCOc2ccccc2)c1. The topological polar surface area (TPSA) is 62.1 Å². The summed E-state index contributed by atoms with van der Waals surface area (Å²) in [5.41, 5.74) is 1.82. The van der Waals surface area contributed by atoms with Gasteiger partial charge in [-0.1, -0.05) is 18.2 Å². The van der Waals surface area contributed by atoms with Crippen LogP contribution < -0.4 is 10.1 Å². The van der Waals surface area contributed by atoms with Crippen LogP contribution in [0.4, 0.5) is 5.69 Å². The molecule has 0 aliphatic heterocycles. The average Bonchev–Trinajstić information content (AvgIpc) is 2.55. The Balaban J connectivity index is 1.85. The van der Waals surface area contributed by atoms with E-state index in [-0.39, 0.29) is 5.78 Å². The maximum absolute atomic E-state index is 11.4. The lowest BCUT2D eigenvalue weighted by atomic mass is 10.1. The fourth-order valence-electron chi connectivity index (χ4n) is 2.01. The van der Waals surface area contributed by atoms with Gasteiger partial charge in [-0.3, -0.25) is 4.79 Å². The third-order valence-corrected chi connectivity index (χ3v) is 3.20. The number of nitrogens with one attached hydrogen (secondary N) is 1. The summed E-state index contributed by atoms with van der Waals surface area (Å²) < 4.78 is 5.60. The van der Waals surface area contributed by atoms with Gasteiger partial charge in [0.1, 0.15) is 11.8 Å². The van der Waals surface area contributed by atoms with Crippen LogP contribution in [0.1, 0.15) is 29.3 Å². The lowest BCUT2D eigenvalue weighted by Crippen LogP contribution is -2.09. The minimum Gasteiger partial charge on any atom is -0.494 e. The third kappa shape index (κ3) is 4.35. The van der Waals surface area contributed by atoms with Crippen molar-refractivity contribution < 1.29 is 9.53 Å². The first-order valence-electron chi connectivity index (χ1n) is 7.17. The monoisotopic (exact) mass is 294 g/mol. The first kappa shape index (κ1) is 15.6. The predicted molar refractivity (Wildman–Crippen MR) is 86.2 cm³/mol. The van der Waals surface area contributed by atoms with Crippen molar-refractivity contribution in [2.75, 3.05) is 18.5 Å². The van der Waals surface area contributed by atoms with E-state index >= 15 is 0 Å². The van der Waals surface area contributed by atoms with E-state index in [0.717, 1.165) is 12.2 Å². The molecular formula is C18H18N2O2. The molecule has 0 saturated heterocycles. The Hall–Kier alpha value is -2.80. The standard InChI is InChI=1S/C18H18N2O2/c1-14(21)15-8-9-16(13-19)18(12-15)20-10-5-11-22-17-6-3-2-4-7-17/h2-4,6-9,12,20H,5,10-11H2,1H3. The number of hydrogen-bond donors (Lipinski definition) is 1. The Morgan fingerprint density at radius 1 is 1.23 bits per heavy atom. The number of ketones is 1. The van der Waals surface area contributed by atoms with Gasteiger partial charge < -0.3 is 10.1 Å². The van der Waals surface area contributed by atoms with Crippen LogP contribution in [0.3, 0.4) is 0 Å². The highest BCUT2D eigenvalue weighted by atomic mass is 16.5. The van der Waals surface area contributed by atoms with Crippen molar-refractivity contribution in [3.63, 3.8) is 0 Å². The molecule has 0 aliphatic rings. The summed E-state index contributed by atoms with van der Waals surface area (Å²) in [6.45, 7) is 2.77. The number of carbonyl (C=O) groups is 1. The Bertz CT molecular complexity index is 675. The number of nitriles is 1. The third-order valence-electron chi connectivity index (χ3n) is 3.20. The number of para-hydroxylation sites is 1. The summed E-state index contributed by atoms with van der Waals surface area (Å²) in [4.78, 5) is 11.4. The molecule has 2 aromatic carbocycles. The second kappa shape index (κ2) is 7.84. The highest BCUT2D eigenvalue weighted by Gasteiger charge is 2.06. The summed E-state index contributed by atoms with van der Waals surface area (Å²) in [5, 5.41) is 12.3. The quantitative estimate of drug-likeness (QED) is 0.625. The zero-order chi connectivity index (χ0) is 15.8. The van der Waals surface area contributed by atoms with E-state index < -0.39 is 0 Å². The van der Waals surface area contributed by atoms with E-state index in [0.29, 0.717) is 30.0 Å². The molecule has 0 atom stereocenters. The fraction of sp³-hybridized carbons (Fsp3) is 0.222. The zero-order valence-corrected chi connectivity index (χ0v) is 12.5. The summed E-state index contributed by atoms with van der Waals surface area (Å²) in [6, 6.07) is 16.8. The zero-order valence-electron chi connectivity index (χ0n) is 12.5. The van der Waals surface area contributed by atoms with Crippen molar-refractivity contribution in [2.45, 2.75) is 13.3 Å².